The lowest BCUT2D eigenvalue weighted by Crippen LogP contribution is -2.22. The number of aliphatic hydroxyl groups is 1. The minimum Gasteiger partial charge on any atom is -0.465 e. The van der Waals surface area contributed by atoms with Crippen molar-refractivity contribution in [1.82, 2.24) is 9.78 Å². The number of nitrogens with two attached hydrogens (primary N) is 1. The molecule has 2 atom stereocenters. The summed E-state index contributed by atoms with van der Waals surface area (Å²) in [4.78, 5) is 14.1. The highest BCUT2D eigenvalue weighted by Gasteiger charge is 2.34. The summed E-state index contributed by atoms with van der Waals surface area (Å²) in [6.45, 7) is 1.74. The lowest BCUT2D eigenvalue weighted by molar-refractivity contribution is 0.0602. The maximum atomic E-state index is 12.1. The third-order valence-corrected chi connectivity index (χ3v) is 4.48. The van der Waals surface area contributed by atoms with Crippen LogP contribution < -0.4 is 10.6 Å². The van der Waals surface area contributed by atoms with Gasteiger partial charge in [0.1, 0.15) is 11.4 Å². The van der Waals surface area contributed by atoms with Gasteiger partial charge in [0, 0.05) is 13.1 Å². The summed E-state index contributed by atoms with van der Waals surface area (Å²) in [6, 6.07) is -0.148. The summed E-state index contributed by atoms with van der Waals surface area (Å²) in [5.74, 6) is 0.429. The van der Waals surface area contributed by atoms with E-state index in [9.17, 15) is 9.90 Å². The smallest absolute Gasteiger partial charge is 0.345 e. The van der Waals surface area contributed by atoms with Crippen LogP contribution in [-0.4, -0.2) is 47.2 Å². The average Bonchev–Trinajstić information content (AvgIpc) is 3.18. The van der Waals surface area contributed by atoms with Crippen molar-refractivity contribution in [2.75, 3.05) is 30.8 Å². The maximum absolute atomic E-state index is 12.1. The largest absolute Gasteiger partial charge is 0.465 e. The molecule has 21 heavy (non-hydrogen) atoms. The van der Waals surface area contributed by atoms with Gasteiger partial charge < -0.3 is 20.5 Å². The van der Waals surface area contributed by atoms with Gasteiger partial charge in [0.15, 0.2) is 5.82 Å². The first kappa shape index (κ1) is 14.2. The first-order valence-electron chi connectivity index (χ1n) is 7.52. The van der Waals surface area contributed by atoms with Crippen LogP contribution in [-0.2, 0) is 4.74 Å². The molecule has 7 nitrogen and oxygen atoms in total. The maximum Gasteiger partial charge on any atom is 0.345 e. The number of ether oxygens (including phenoxy) is 1. The lowest BCUT2D eigenvalue weighted by atomic mass is 10.2. The van der Waals surface area contributed by atoms with Gasteiger partial charge in [0.25, 0.3) is 0 Å². The summed E-state index contributed by atoms with van der Waals surface area (Å²) in [5, 5.41) is 14.6. The van der Waals surface area contributed by atoms with E-state index in [4.69, 9.17) is 10.5 Å². The molecule has 0 amide bonds. The van der Waals surface area contributed by atoms with E-state index >= 15 is 0 Å². The van der Waals surface area contributed by atoms with Crippen LogP contribution in [0.1, 0.15) is 48.5 Å². The minimum absolute atomic E-state index is 0.148. The number of hydrogen-bond donors (Lipinski definition) is 2. The van der Waals surface area contributed by atoms with Crippen molar-refractivity contribution in [2.45, 2.75) is 44.2 Å². The first-order valence-corrected chi connectivity index (χ1v) is 7.52. The SMILES string of the molecule is COC(=O)c1c(N2CCCC2)nn(C2CCCC2O)c1N. The van der Waals surface area contributed by atoms with Gasteiger partial charge in [-0.05, 0) is 32.1 Å². The number of aliphatic hydroxyl groups excluding tert-OH is 1. The van der Waals surface area contributed by atoms with E-state index in [1.165, 1.54) is 7.11 Å². The Hall–Kier alpha value is -1.76. The topological polar surface area (TPSA) is 93.6 Å². The molecular formula is C14H22N4O3. The Morgan fingerprint density at radius 1 is 1.33 bits per heavy atom. The molecule has 2 aliphatic rings. The fourth-order valence-corrected chi connectivity index (χ4v) is 3.34. The highest BCUT2D eigenvalue weighted by Crippen LogP contribution is 2.36. The molecule has 0 spiro atoms. The number of aromatic nitrogens is 2. The molecule has 1 aromatic rings. The second-order valence-corrected chi connectivity index (χ2v) is 5.78. The number of carbonyl (C=O) groups is 1. The summed E-state index contributed by atoms with van der Waals surface area (Å²) in [5.41, 5.74) is 6.48. The molecule has 2 fully saturated rings. The predicted octanol–water partition coefficient (Wildman–Crippen LogP) is 0.938. The molecule has 1 aliphatic heterocycles. The Morgan fingerprint density at radius 2 is 2.05 bits per heavy atom. The summed E-state index contributed by atoms with van der Waals surface area (Å²) >= 11 is 0. The third kappa shape index (κ3) is 2.35. The molecule has 2 heterocycles. The number of nitrogens with zero attached hydrogens (tertiary/aromatic N) is 3. The van der Waals surface area contributed by atoms with Crippen molar-refractivity contribution in [3.63, 3.8) is 0 Å². The number of rotatable bonds is 3. The monoisotopic (exact) mass is 294 g/mol. The van der Waals surface area contributed by atoms with Crippen LogP contribution in [0.25, 0.3) is 0 Å². The zero-order chi connectivity index (χ0) is 15.0. The highest BCUT2D eigenvalue weighted by atomic mass is 16.5. The van der Waals surface area contributed by atoms with Crippen LogP contribution >= 0.6 is 0 Å². The molecule has 0 radical (unpaired) electrons. The third-order valence-electron chi connectivity index (χ3n) is 4.48. The Kier molecular flexibility index (Phi) is 3.75. The van der Waals surface area contributed by atoms with Crippen molar-refractivity contribution in [3.8, 4) is 0 Å². The number of methoxy groups -OCH3 is 1. The summed E-state index contributed by atoms with van der Waals surface area (Å²) in [7, 11) is 1.34. The Balaban J connectivity index is 2.03. The zero-order valence-corrected chi connectivity index (χ0v) is 12.3. The Labute approximate surface area is 123 Å². The van der Waals surface area contributed by atoms with Gasteiger partial charge >= 0.3 is 5.97 Å². The van der Waals surface area contributed by atoms with E-state index in [1.807, 2.05) is 0 Å². The first-order chi connectivity index (χ1) is 10.1. The number of nitrogen functional groups attached to an aromatic ring is 1. The lowest BCUT2D eigenvalue weighted by Gasteiger charge is -2.17. The molecule has 1 aliphatic carbocycles. The van der Waals surface area contributed by atoms with Gasteiger partial charge in [-0.15, -0.1) is 0 Å². The average molecular weight is 294 g/mol. The van der Waals surface area contributed by atoms with Crippen molar-refractivity contribution in [3.05, 3.63) is 5.56 Å². The van der Waals surface area contributed by atoms with Crippen LogP contribution in [0, 0.1) is 0 Å². The highest BCUT2D eigenvalue weighted by molar-refractivity contribution is 5.99. The van der Waals surface area contributed by atoms with Gasteiger partial charge in [0.2, 0.25) is 0 Å². The van der Waals surface area contributed by atoms with E-state index in [0.717, 1.165) is 45.2 Å². The standard InChI is InChI=1S/C14H22N4O3/c1-21-14(20)11-12(15)18(9-5-4-6-10(9)19)16-13(11)17-7-2-3-8-17/h9-10,19H,2-8,15H2,1H3. The molecule has 2 unspecified atom stereocenters. The van der Waals surface area contributed by atoms with Crippen molar-refractivity contribution < 1.29 is 14.6 Å². The molecule has 3 N–H and O–H groups in total. The second-order valence-electron chi connectivity index (χ2n) is 5.78. The second kappa shape index (κ2) is 5.55. The Bertz CT molecular complexity index is 537. The predicted molar refractivity (Wildman–Crippen MR) is 78.3 cm³/mol. The van der Waals surface area contributed by atoms with Crippen LogP contribution in [0.15, 0.2) is 0 Å². The van der Waals surface area contributed by atoms with E-state index in [1.54, 1.807) is 4.68 Å². The van der Waals surface area contributed by atoms with Gasteiger partial charge in [-0.1, -0.05) is 0 Å². The number of esters is 1. The zero-order valence-electron chi connectivity index (χ0n) is 12.3. The van der Waals surface area contributed by atoms with E-state index in [0.29, 0.717) is 17.2 Å². The van der Waals surface area contributed by atoms with Crippen LogP contribution in [0.5, 0.6) is 0 Å². The van der Waals surface area contributed by atoms with Gasteiger partial charge in [-0.2, -0.15) is 5.10 Å². The van der Waals surface area contributed by atoms with Gasteiger partial charge in [0.05, 0.1) is 19.3 Å². The van der Waals surface area contributed by atoms with Crippen molar-refractivity contribution >= 4 is 17.6 Å². The quantitative estimate of drug-likeness (QED) is 0.806. The molecular weight excluding hydrogens is 272 g/mol. The number of anilines is 2. The normalized spacial score (nSPS) is 25.5. The molecule has 1 saturated heterocycles. The summed E-state index contributed by atoms with van der Waals surface area (Å²) < 4.78 is 6.48. The molecule has 1 saturated carbocycles. The van der Waals surface area contributed by atoms with Crippen LogP contribution in [0.4, 0.5) is 11.6 Å². The van der Waals surface area contributed by atoms with E-state index in [2.05, 4.69) is 10.00 Å². The van der Waals surface area contributed by atoms with Gasteiger partial charge in [-0.25, -0.2) is 9.48 Å². The minimum atomic E-state index is -0.465. The molecule has 3 rings (SSSR count). The molecule has 0 aromatic carbocycles. The fraction of sp³-hybridized carbons (Fsp3) is 0.714. The fourth-order valence-electron chi connectivity index (χ4n) is 3.34. The number of carbonyl (C=O) groups excluding carboxylic acids is 1. The van der Waals surface area contributed by atoms with Crippen molar-refractivity contribution in [1.29, 1.82) is 0 Å². The number of hydrogen-bond acceptors (Lipinski definition) is 6. The van der Waals surface area contributed by atoms with Crippen LogP contribution in [0.2, 0.25) is 0 Å². The van der Waals surface area contributed by atoms with E-state index < -0.39 is 12.1 Å². The molecule has 0 bridgehead atoms. The van der Waals surface area contributed by atoms with Crippen molar-refractivity contribution in [2.24, 2.45) is 0 Å². The summed E-state index contributed by atoms with van der Waals surface area (Å²) in [6.07, 6.45) is 4.23. The molecule has 7 heteroatoms. The Morgan fingerprint density at radius 3 is 2.62 bits per heavy atom. The van der Waals surface area contributed by atoms with Crippen LogP contribution in [0.3, 0.4) is 0 Å². The molecule has 1 aromatic heterocycles. The molecule has 116 valence electrons. The van der Waals surface area contributed by atoms with Gasteiger partial charge in [-0.3, -0.25) is 0 Å². The van der Waals surface area contributed by atoms with E-state index in [-0.39, 0.29) is 6.04 Å².